The Labute approximate surface area is 227 Å². The largest absolute Gasteiger partial charge is 0.473 e. The topological polar surface area (TPSA) is 117 Å². The summed E-state index contributed by atoms with van der Waals surface area (Å²) < 4.78 is 45.9. The quantitative estimate of drug-likeness (QED) is 0.364. The lowest BCUT2D eigenvalue weighted by Gasteiger charge is -2.26. The van der Waals surface area contributed by atoms with Crippen molar-refractivity contribution in [1.29, 1.82) is 0 Å². The van der Waals surface area contributed by atoms with Crippen LogP contribution >= 0.6 is 11.6 Å². The fourth-order valence-electron chi connectivity index (χ4n) is 3.83. The van der Waals surface area contributed by atoms with Crippen molar-refractivity contribution in [1.82, 2.24) is 20.0 Å². The molecular weight excluding hydrogens is 541 g/mol. The van der Waals surface area contributed by atoms with Crippen molar-refractivity contribution in [3.05, 3.63) is 81.6 Å². The molecule has 4 rings (SSSR count). The Morgan fingerprint density at radius 2 is 1.64 bits per heavy atom. The molecule has 1 aliphatic rings. The van der Waals surface area contributed by atoms with Crippen LogP contribution in [0.5, 0.6) is 0 Å². The zero-order valence-corrected chi connectivity index (χ0v) is 21.8. The van der Waals surface area contributed by atoms with Gasteiger partial charge in [0.1, 0.15) is 5.15 Å². The zero-order chi connectivity index (χ0) is 28.6. The molecule has 0 bridgehead atoms. The van der Waals surface area contributed by atoms with Gasteiger partial charge in [0.05, 0.1) is 30.2 Å². The number of hydrogen-bond acceptors (Lipinski definition) is 6. The normalized spacial score (nSPS) is 14.0. The molecule has 0 radical (unpaired) electrons. The van der Waals surface area contributed by atoms with Crippen molar-refractivity contribution in [2.75, 3.05) is 26.3 Å². The zero-order valence-electron chi connectivity index (χ0n) is 21.0. The standard InChI is InChI=1S/C24H26ClF3N4O.C2H2O4/c1-17-22(23(25)32(30-17)21-4-2-3-20(13-21)24(26,27)28)15-29-14-18-5-7-19(8-6-18)16-31-9-11-33-12-10-31;3-1(4)2(5)6/h2-8,13,29H,9-12,14-16H2,1H3;(H,3,4)(H,5,6). The Morgan fingerprint density at radius 3 is 2.23 bits per heavy atom. The average Bonchev–Trinajstić information content (AvgIpc) is 3.19. The number of carbonyl (C=O) groups is 2. The summed E-state index contributed by atoms with van der Waals surface area (Å²) in [5, 5.41) is 22.8. The number of rotatable bonds is 7. The van der Waals surface area contributed by atoms with Crippen molar-refractivity contribution in [2.24, 2.45) is 0 Å². The van der Waals surface area contributed by atoms with E-state index in [4.69, 9.17) is 36.1 Å². The number of halogens is 4. The molecule has 0 saturated carbocycles. The second-order valence-electron chi connectivity index (χ2n) is 8.73. The second kappa shape index (κ2) is 13.6. The third-order valence-electron chi connectivity index (χ3n) is 5.89. The summed E-state index contributed by atoms with van der Waals surface area (Å²) in [5.74, 6) is -3.65. The summed E-state index contributed by atoms with van der Waals surface area (Å²) in [6, 6.07) is 13.5. The second-order valence-corrected chi connectivity index (χ2v) is 9.09. The molecule has 2 aromatic carbocycles. The third-order valence-corrected chi connectivity index (χ3v) is 6.27. The third kappa shape index (κ3) is 8.79. The fraction of sp³-hybridized carbons (Fsp3) is 0.346. The molecule has 3 aromatic rings. The number of aromatic nitrogens is 2. The van der Waals surface area contributed by atoms with Gasteiger partial charge in [0.2, 0.25) is 0 Å². The van der Waals surface area contributed by atoms with E-state index in [0.717, 1.165) is 56.1 Å². The van der Waals surface area contributed by atoms with E-state index < -0.39 is 23.7 Å². The minimum atomic E-state index is -4.42. The van der Waals surface area contributed by atoms with Crippen LogP contribution in [0, 0.1) is 6.92 Å². The Kier molecular flexibility index (Phi) is 10.5. The summed E-state index contributed by atoms with van der Waals surface area (Å²) in [6.07, 6.45) is -4.42. The van der Waals surface area contributed by atoms with Crippen LogP contribution in [0.15, 0.2) is 48.5 Å². The molecule has 9 nitrogen and oxygen atoms in total. The van der Waals surface area contributed by atoms with Crippen molar-refractivity contribution < 1.29 is 37.7 Å². The van der Waals surface area contributed by atoms with Gasteiger partial charge in [-0.1, -0.05) is 41.9 Å². The van der Waals surface area contributed by atoms with Crippen molar-refractivity contribution in [2.45, 2.75) is 32.7 Å². The van der Waals surface area contributed by atoms with Gasteiger partial charge in [-0.05, 0) is 36.2 Å². The van der Waals surface area contributed by atoms with Crippen LogP contribution < -0.4 is 5.32 Å². The molecule has 3 N–H and O–H groups in total. The van der Waals surface area contributed by atoms with E-state index in [2.05, 4.69) is 39.6 Å². The van der Waals surface area contributed by atoms with Crippen LogP contribution in [0.4, 0.5) is 13.2 Å². The Morgan fingerprint density at radius 1 is 1.03 bits per heavy atom. The van der Waals surface area contributed by atoms with Gasteiger partial charge >= 0.3 is 18.1 Å². The van der Waals surface area contributed by atoms with Gasteiger partial charge in [-0.3, -0.25) is 4.90 Å². The summed E-state index contributed by atoms with van der Waals surface area (Å²) >= 11 is 6.49. The SMILES string of the molecule is Cc1nn(-c2cccc(C(F)(F)F)c2)c(Cl)c1CNCc1ccc(CN2CCOCC2)cc1.O=C(O)C(=O)O. The maximum atomic E-state index is 13.1. The molecule has 2 heterocycles. The molecule has 0 amide bonds. The Hall–Kier alpha value is -3.45. The van der Waals surface area contributed by atoms with E-state index in [1.165, 1.54) is 16.3 Å². The van der Waals surface area contributed by atoms with E-state index in [1.807, 2.05) is 0 Å². The van der Waals surface area contributed by atoms with Crippen molar-refractivity contribution in [3.8, 4) is 5.69 Å². The van der Waals surface area contributed by atoms with Crippen LogP contribution in [0.3, 0.4) is 0 Å². The smallest absolute Gasteiger partial charge is 0.416 e. The predicted octanol–water partition coefficient (Wildman–Crippen LogP) is 4.13. The number of carboxylic acid groups (broad SMARTS) is 2. The first-order valence-corrected chi connectivity index (χ1v) is 12.3. The van der Waals surface area contributed by atoms with Crippen LogP contribution in [0.1, 0.15) is 27.9 Å². The highest BCUT2D eigenvalue weighted by Crippen LogP contribution is 2.31. The molecule has 0 atom stereocenters. The maximum absolute atomic E-state index is 13.1. The lowest BCUT2D eigenvalue weighted by molar-refractivity contribution is -0.159. The highest BCUT2D eigenvalue weighted by atomic mass is 35.5. The monoisotopic (exact) mass is 568 g/mol. The summed E-state index contributed by atoms with van der Waals surface area (Å²) in [4.78, 5) is 20.6. The van der Waals surface area contributed by atoms with E-state index in [0.29, 0.717) is 23.9 Å². The molecule has 13 heteroatoms. The molecule has 39 heavy (non-hydrogen) atoms. The van der Waals surface area contributed by atoms with E-state index >= 15 is 0 Å². The maximum Gasteiger partial charge on any atom is 0.416 e. The van der Waals surface area contributed by atoms with Gasteiger partial charge in [0.25, 0.3) is 0 Å². The molecule has 1 aliphatic heterocycles. The molecule has 1 aromatic heterocycles. The molecular formula is C26H28ClF3N4O5. The molecule has 210 valence electrons. The summed E-state index contributed by atoms with van der Waals surface area (Å²) in [7, 11) is 0. The summed E-state index contributed by atoms with van der Waals surface area (Å²) in [5.41, 5.74) is 3.38. The number of morpholine rings is 1. The van der Waals surface area contributed by atoms with Crippen LogP contribution in [-0.4, -0.2) is 63.1 Å². The lowest BCUT2D eigenvalue weighted by Crippen LogP contribution is -2.35. The number of alkyl halides is 3. The van der Waals surface area contributed by atoms with Gasteiger partial charge in [-0.2, -0.15) is 18.3 Å². The number of benzene rings is 2. The number of ether oxygens (including phenoxy) is 1. The van der Waals surface area contributed by atoms with E-state index in [1.54, 1.807) is 13.0 Å². The molecule has 0 unspecified atom stereocenters. The number of hydrogen-bond donors (Lipinski definition) is 3. The molecule has 1 fully saturated rings. The minimum absolute atomic E-state index is 0.278. The van der Waals surface area contributed by atoms with Gasteiger partial charge in [0.15, 0.2) is 0 Å². The van der Waals surface area contributed by atoms with Gasteiger partial charge < -0.3 is 20.3 Å². The van der Waals surface area contributed by atoms with Crippen LogP contribution in [0.2, 0.25) is 5.15 Å². The van der Waals surface area contributed by atoms with E-state index in [9.17, 15) is 13.2 Å². The Bertz CT molecular complexity index is 1260. The van der Waals surface area contributed by atoms with Crippen molar-refractivity contribution in [3.63, 3.8) is 0 Å². The highest BCUT2D eigenvalue weighted by Gasteiger charge is 2.31. The first kappa shape index (κ1) is 30.1. The highest BCUT2D eigenvalue weighted by molar-refractivity contribution is 6.30. The average molecular weight is 569 g/mol. The minimum Gasteiger partial charge on any atom is -0.473 e. The van der Waals surface area contributed by atoms with Crippen molar-refractivity contribution >= 4 is 23.5 Å². The fourth-order valence-corrected chi connectivity index (χ4v) is 4.17. The molecule has 0 aliphatic carbocycles. The van der Waals surface area contributed by atoms with Crippen LogP contribution in [-0.2, 0) is 40.1 Å². The van der Waals surface area contributed by atoms with Crippen LogP contribution in [0.25, 0.3) is 5.69 Å². The predicted molar refractivity (Wildman–Crippen MR) is 137 cm³/mol. The number of nitrogens with one attached hydrogen (secondary N) is 1. The number of nitrogens with zero attached hydrogens (tertiary/aromatic N) is 3. The number of aliphatic carboxylic acids is 2. The first-order valence-electron chi connectivity index (χ1n) is 11.9. The van der Waals surface area contributed by atoms with E-state index in [-0.39, 0.29) is 5.69 Å². The van der Waals surface area contributed by atoms with Gasteiger partial charge in [-0.25, -0.2) is 14.3 Å². The molecule has 1 saturated heterocycles. The lowest BCUT2D eigenvalue weighted by atomic mass is 10.1. The number of aryl methyl sites for hydroxylation is 1. The number of carboxylic acids is 2. The molecule has 0 spiro atoms. The summed E-state index contributed by atoms with van der Waals surface area (Å²) in [6.45, 7) is 7.30. The Balaban J connectivity index is 0.000000631. The van der Waals surface area contributed by atoms with Gasteiger partial charge in [0, 0.05) is 38.3 Å². The van der Waals surface area contributed by atoms with Gasteiger partial charge in [-0.15, -0.1) is 0 Å². The first-order chi connectivity index (χ1) is 18.5.